The second-order valence-corrected chi connectivity index (χ2v) is 5.98. The van der Waals surface area contributed by atoms with Crippen molar-refractivity contribution in [3.8, 4) is 0 Å². The Morgan fingerprint density at radius 3 is 2.82 bits per heavy atom. The zero-order chi connectivity index (χ0) is 15.5. The number of nitrogens with zero attached hydrogens (tertiary/aromatic N) is 1. The molecule has 0 bridgehead atoms. The van der Waals surface area contributed by atoms with Gasteiger partial charge in [-0.05, 0) is 29.8 Å². The highest BCUT2D eigenvalue weighted by Gasteiger charge is 2.12. The summed E-state index contributed by atoms with van der Waals surface area (Å²) in [7, 11) is 1.78. The number of nitrogens with one attached hydrogen (secondary N) is 2. The minimum Gasteiger partial charge on any atom is -0.361 e. The van der Waals surface area contributed by atoms with Crippen molar-refractivity contribution >= 4 is 38.6 Å². The topological polar surface area (TPSA) is 48.1 Å². The van der Waals surface area contributed by atoms with E-state index < -0.39 is 0 Å². The average molecular weight is 358 g/mol. The van der Waals surface area contributed by atoms with Crippen molar-refractivity contribution in [1.29, 1.82) is 0 Å². The number of H-pyrrole nitrogens is 1. The fourth-order valence-corrected chi connectivity index (χ4v) is 2.77. The first-order valence-electron chi connectivity index (χ1n) is 6.97. The van der Waals surface area contributed by atoms with E-state index in [0.29, 0.717) is 6.54 Å². The van der Waals surface area contributed by atoms with Crippen LogP contribution in [0.4, 0.5) is 10.5 Å². The second kappa shape index (κ2) is 6.23. The van der Waals surface area contributed by atoms with Crippen LogP contribution in [0.25, 0.3) is 10.9 Å². The predicted octanol–water partition coefficient (Wildman–Crippen LogP) is 4.59. The molecule has 0 atom stereocenters. The third-order valence-corrected chi connectivity index (χ3v) is 4.32. The molecule has 1 aromatic heterocycles. The fraction of sp³-hybridized carbons (Fsp3) is 0.118. The normalized spacial score (nSPS) is 10.6. The Balaban J connectivity index is 1.74. The van der Waals surface area contributed by atoms with Gasteiger partial charge in [-0.15, -0.1) is 0 Å². The lowest BCUT2D eigenvalue weighted by atomic mass is 10.2. The van der Waals surface area contributed by atoms with Crippen LogP contribution in [0.2, 0.25) is 0 Å². The number of hydrogen-bond acceptors (Lipinski definition) is 1. The van der Waals surface area contributed by atoms with Crippen LogP contribution in [0.5, 0.6) is 0 Å². The maximum Gasteiger partial charge on any atom is 0.321 e. The van der Waals surface area contributed by atoms with Gasteiger partial charge in [-0.25, -0.2) is 4.79 Å². The monoisotopic (exact) mass is 357 g/mol. The van der Waals surface area contributed by atoms with E-state index in [-0.39, 0.29) is 6.03 Å². The number of rotatable bonds is 3. The number of hydrogen-bond donors (Lipinski definition) is 2. The number of carbonyl (C=O) groups excluding carboxylic acids is 1. The smallest absolute Gasteiger partial charge is 0.321 e. The Kier molecular flexibility index (Phi) is 4.15. The SMILES string of the molecule is CN(Cc1ccccc1Br)C(=O)Nc1cccc2[nH]ccc12. The molecule has 2 N–H and O–H groups in total. The van der Waals surface area contributed by atoms with Gasteiger partial charge in [0.1, 0.15) is 0 Å². The molecule has 0 unspecified atom stereocenters. The molecule has 22 heavy (non-hydrogen) atoms. The molecule has 1 heterocycles. The van der Waals surface area contributed by atoms with Crippen LogP contribution in [0.1, 0.15) is 5.56 Å². The second-order valence-electron chi connectivity index (χ2n) is 5.12. The number of anilines is 1. The first-order chi connectivity index (χ1) is 10.6. The molecule has 3 rings (SSSR count). The molecule has 0 saturated carbocycles. The number of aromatic nitrogens is 1. The number of aromatic amines is 1. The van der Waals surface area contributed by atoms with Gasteiger partial charge in [0.05, 0.1) is 5.69 Å². The third kappa shape index (κ3) is 2.99. The van der Waals surface area contributed by atoms with Gasteiger partial charge in [-0.3, -0.25) is 0 Å². The number of halogens is 1. The zero-order valence-electron chi connectivity index (χ0n) is 12.1. The number of fused-ring (bicyclic) bond motifs is 1. The van der Waals surface area contributed by atoms with Crippen molar-refractivity contribution in [2.45, 2.75) is 6.54 Å². The lowest BCUT2D eigenvalue weighted by Gasteiger charge is -2.19. The Labute approximate surface area is 137 Å². The molecule has 0 saturated heterocycles. The summed E-state index contributed by atoms with van der Waals surface area (Å²) in [5.41, 5.74) is 2.88. The zero-order valence-corrected chi connectivity index (χ0v) is 13.7. The molecular formula is C17H16BrN3O. The molecule has 2 aromatic carbocycles. The predicted molar refractivity (Wildman–Crippen MR) is 92.9 cm³/mol. The highest BCUT2D eigenvalue weighted by molar-refractivity contribution is 9.10. The number of amides is 2. The summed E-state index contributed by atoms with van der Waals surface area (Å²) in [6.45, 7) is 0.538. The van der Waals surface area contributed by atoms with Crippen LogP contribution in [0, 0.1) is 0 Å². The lowest BCUT2D eigenvalue weighted by Crippen LogP contribution is -2.31. The first-order valence-corrected chi connectivity index (χ1v) is 7.76. The highest BCUT2D eigenvalue weighted by atomic mass is 79.9. The van der Waals surface area contributed by atoms with Crippen LogP contribution in [-0.2, 0) is 6.54 Å². The molecule has 0 aliphatic heterocycles. The van der Waals surface area contributed by atoms with Crippen molar-refractivity contribution in [3.05, 3.63) is 64.8 Å². The van der Waals surface area contributed by atoms with Gasteiger partial charge in [-0.1, -0.05) is 40.2 Å². The number of urea groups is 1. The van der Waals surface area contributed by atoms with Gasteiger partial charge >= 0.3 is 6.03 Å². The van der Waals surface area contributed by atoms with Gasteiger partial charge < -0.3 is 15.2 Å². The van der Waals surface area contributed by atoms with Gasteiger partial charge in [0, 0.05) is 35.2 Å². The summed E-state index contributed by atoms with van der Waals surface area (Å²) in [5.74, 6) is 0. The van der Waals surface area contributed by atoms with Crippen LogP contribution < -0.4 is 5.32 Å². The summed E-state index contributed by atoms with van der Waals surface area (Å²) in [5, 5.41) is 3.97. The Morgan fingerprint density at radius 2 is 2.00 bits per heavy atom. The summed E-state index contributed by atoms with van der Waals surface area (Å²) in [4.78, 5) is 17.2. The van der Waals surface area contributed by atoms with Crippen molar-refractivity contribution in [2.24, 2.45) is 0 Å². The van der Waals surface area contributed by atoms with E-state index in [1.54, 1.807) is 11.9 Å². The lowest BCUT2D eigenvalue weighted by molar-refractivity contribution is 0.220. The van der Waals surface area contributed by atoms with Gasteiger partial charge in [0.15, 0.2) is 0 Å². The molecule has 0 aliphatic carbocycles. The summed E-state index contributed by atoms with van der Waals surface area (Å²) >= 11 is 3.51. The Hall–Kier alpha value is -2.27. The Bertz CT molecular complexity index is 812. The van der Waals surface area contributed by atoms with E-state index in [4.69, 9.17) is 0 Å². The fourth-order valence-electron chi connectivity index (χ4n) is 2.36. The maximum absolute atomic E-state index is 12.4. The minimum atomic E-state index is -0.135. The van der Waals surface area contributed by atoms with E-state index in [2.05, 4.69) is 26.2 Å². The largest absolute Gasteiger partial charge is 0.361 e. The molecule has 5 heteroatoms. The molecule has 0 aliphatic rings. The highest BCUT2D eigenvalue weighted by Crippen LogP contribution is 2.23. The summed E-state index contributed by atoms with van der Waals surface area (Å²) < 4.78 is 1.00. The molecule has 3 aromatic rings. The molecule has 2 amide bonds. The van der Waals surface area contributed by atoms with Crippen molar-refractivity contribution < 1.29 is 4.79 Å². The molecule has 0 radical (unpaired) electrons. The van der Waals surface area contributed by atoms with Crippen LogP contribution in [0.15, 0.2) is 59.2 Å². The van der Waals surface area contributed by atoms with Gasteiger partial charge in [-0.2, -0.15) is 0 Å². The van der Waals surface area contributed by atoms with E-state index >= 15 is 0 Å². The Morgan fingerprint density at radius 1 is 1.18 bits per heavy atom. The summed E-state index contributed by atoms with van der Waals surface area (Å²) in [6, 6.07) is 15.5. The van der Waals surface area contributed by atoms with E-state index in [1.807, 2.05) is 54.7 Å². The van der Waals surface area contributed by atoms with Crippen LogP contribution in [0.3, 0.4) is 0 Å². The van der Waals surface area contributed by atoms with E-state index in [0.717, 1.165) is 26.6 Å². The first kappa shape index (κ1) is 14.7. The number of carbonyl (C=O) groups is 1. The standard InChI is InChI=1S/C17H16BrN3O/c1-21(11-12-5-2-3-6-14(12)18)17(22)20-16-8-4-7-15-13(16)9-10-19-15/h2-10,19H,11H2,1H3,(H,20,22). The molecular weight excluding hydrogens is 342 g/mol. The minimum absolute atomic E-state index is 0.135. The van der Waals surface area contributed by atoms with E-state index in [1.165, 1.54) is 0 Å². The van der Waals surface area contributed by atoms with Crippen molar-refractivity contribution in [3.63, 3.8) is 0 Å². The van der Waals surface area contributed by atoms with Gasteiger partial charge in [0.25, 0.3) is 0 Å². The molecule has 4 nitrogen and oxygen atoms in total. The van der Waals surface area contributed by atoms with Crippen molar-refractivity contribution in [2.75, 3.05) is 12.4 Å². The van der Waals surface area contributed by atoms with E-state index in [9.17, 15) is 4.79 Å². The van der Waals surface area contributed by atoms with Gasteiger partial charge in [0.2, 0.25) is 0 Å². The van der Waals surface area contributed by atoms with Crippen LogP contribution >= 0.6 is 15.9 Å². The van der Waals surface area contributed by atoms with Crippen LogP contribution in [-0.4, -0.2) is 23.0 Å². The number of benzene rings is 2. The average Bonchev–Trinajstić information content (AvgIpc) is 2.99. The third-order valence-electron chi connectivity index (χ3n) is 3.55. The quantitative estimate of drug-likeness (QED) is 0.707. The molecule has 112 valence electrons. The molecule has 0 fully saturated rings. The molecule has 0 spiro atoms. The maximum atomic E-state index is 12.4. The van der Waals surface area contributed by atoms with Crippen molar-refractivity contribution in [1.82, 2.24) is 9.88 Å². The summed E-state index contributed by atoms with van der Waals surface area (Å²) in [6.07, 6.45) is 1.87.